The van der Waals surface area contributed by atoms with Crippen LogP contribution in [0.15, 0.2) is 29.4 Å². The monoisotopic (exact) mass is 285 g/mol. The number of hydrogen-bond acceptors (Lipinski definition) is 4. The van der Waals surface area contributed by atoms with Crippen molar-refractivity contribution in [3.05, 3.63) is 29.4 Å². The van der Waals surface area contributed by atoms with Gasteiger partial charge in [0, 0.05) is 6.54 Å². The Bertz CT molecular complexity index is 344. The number of pyridine rings is 1. The van der Waals surface area contributed by atoms with Crippen molar-refractivity contribution >= 4 is 27.4 Å². The topological polar surface area (TPSA) is 60.2 Å². The lowest BCUT2D eigenvalue weighted by atomic mass is 10.4. The Morgan fingerprint density at radius 1 is 1.56 bits per heavy atom. The molecule has 88 valence electrons. The third kappa shape index (κ3) is 4.63. The van der Waals surface area contributed by atoms with Crippen LogP contribution in [0.25, 0.3) is 0 Å². The van der Waals surface area contributed by atoms with Crippen LogP contribution in [0.1, 0.15) is 6.42 Å². The van der Waals surface area contributed by atoms with E-state index in [4.69, 9.17) is 10.5 Å². The van der Waals surface area contributed by atoms with Gasteiger partial charge in [-0.2, -0.15) is 0 Å². The number of nitrogens with two attached hydrogens (primary N) is 1. The first-order valence-corrected chi connectivity index (χ1v) is 5.87. The van der Waals surface area contributed by atoms with Crippen LogP contribution in [0, 0.1) is 0 Å². The SMILES string of the molecule is C=CCCOCCNc1ncc(N)cc1Br. The Balaban J connectivity index is 2.24. The molecule has 5 heteroatoms. The predicted octanol–water partition coefficient (Wildman–Crippen LogP) is 2.43. The Morgan fingerprint density at radius 2 is 2.38 bits per heavy atom. The molecule has 0 amide bonds. The molecule has 0 bridgehead atoms. The molecule has 16 heavy (non-hydrogen) atoms. The lowest BCUT2D eigenvalue weighted by molar-refractivity contribution is 0.149. The molecule has 0 saturated heterocycles. The van der Waals surface area contributed by atoms with Gasteiger partial charge in [0.1, 0.15) is 5.82 Å². The van der Waals surface area contributed by atoms with Crippen LogP contribution in [0.3, 0.4) is 0 Å². The molecule has 0 atom stereocenters. The predicted molar refractivity (Wildman–Crippen MR) is 70.5 cm³/mol. The van der Waals surface area contributed by atoms with E-state index >= 15 is 0 Å². The second-order valence-corrected chi connectivity index (χ2v) is 4.07. The van der Waals surface area contributed by atoms with Crippen LogP contribution in [-0.4, -0.2) is 24.7 Å². The molecule has 0 aliphatic carbocycles. The van der Waals surface area contributed by atoms with Gasteiger partial charge in [-0.15, -0.1) is 6.58 Å². The summed E-state index contributed by atoms with van der Waals surface area (Å²) in [7, 11) is 0. The first-order valence-electron chi connectivity index (χ1n) is 5.07. The second-order valence-electron chi connectivity index (χ2n) is 3.22. The molecule has 0 aliphatic heterocycles. The fourth-order valence-electron chi connectivity index (χ4n) is 1.09. The minimum Gasteiger partial charge on any atom is -0.397 e. The number of nitrogens with one attached hydrogen (secondary N) is 1. The van der Waals surface area contributed by atoms with Crippen molar-refractivity contribution in [2.75, 3.05) is 30.8 Å². The third-order valence-electron chi connectivity index (χ3n) is 1.87. The van der Waals surface area contributed by atoms with Crippen molar-refractivity contribution < 1.29 is 4.74 Å². The quantitative estimate of drug-likeness (QED) is 0.597. The summed E-state index contributed by atoms with van der Waals surface area (Å²) in [6.45, 7) is 5.69. The molecule has 4 nitrogen and oxygen atoms in total. The zero-order valence-corrected chi connectivity index (χ0v) is 10.7. The fraction of sp³-hybridized carbons (Fsp3) is 0.364. The Morgan fingerprint density at radius 3 is 3.06 bits per heavy atom. The molecule has 0 aromatic carbocycles. The van der Waals surface area contributed by atoms with Gasteiger partial charge in [0.15, 0.2) is 0 Å². The number of aromatic nitrogens is 1. The van der Waals surface area contributed by atoms with E-state index < -0.39 is 0 Å². The van der Waals surface area contributed by atoms with Crippen LogP contribution in [-0.2, 0) is 4.74 Å². The van der Waals surface area contributed by atoms with Gasteiger partial charge in [0.2, 0.25) is 0 Å². The van der Waals surface area contributed by atoms with E-state index in [1.807, 2.05) is 12.1 Å². The summed E-state index contributed by atoms with van der Waals surface area (Å²) in [5.41, 5.74) is 6.22. The van der Waals surface area contributed by atoms with E-state index in [-0.39, 0.29) is 0 Å². The molecule has 0 saturated carbocycles. The lowest BCUT2D eigenvalue weighted by Gasteiger charge is -2.08. The third-order valence-corrected chi connectivity index (χ3v) is 2.47. The highest BCUT2D eigenvalue weighted by atomic mass is 79.9. The minimum atomic E-state index is 0.639. The van der Waals surface area contributed by atoms with Crippen molar-refractivity contribution in [3.8, 4) is 0 Å². The van der Waals surface area contributed by atoms with Crippen molar-refractivity contribution in [2.45, 2.75) is 6.42 Å². The van der Waals surface area contributed by atoms with Gasteiger partial charge in [-0.3, -0.25) is 0 Å². The van der Waals surface area contributed by atoms with Gasteiger partial charge in [0.25, 0.3) is 0 Å². The van der Waals surface area contributed by atoms with Gasteiger partial charge < -0.3 is 15.8 Å². The number of rotatable bonds is 7. The van der Waals surface area contributed by atoms with Crippen LogP contribution >= 0.6 is 15.9 Å². The standard InChI is InChI=1S/C11H16BrN3O/c1-2-3-5-16-6-4-14-11-10(12)7-9(13)8-15-11/h2,7-8H,1,3-6,13H2,(H,14,15). The summed E-state index contributed by atoms with van der Waals surface area (Å²) < 4.78 is 6.22. The average Bonchev–Trinajstić information content (AvgIpc) is 2.26. The number of hydrogen-bond donors (Lipinski definition) is 2. The number of nitrogens with zero attached hydrogens (tertiary/aromatic N) is 1. The fourth-order valence-corrected chi connectivity index (χ4v) is 1.60. The molecule has 0 aliphatic rings. The molecule has 1 aromatic rings. The molecular formula is C11H16BrN3O. The molecule has 0 radical (unpaired) electrons. The maximum Gasteiger partial charge on any atom is 0.140 e. The summed E-state index contributed by atoms with van der Waals surface area (Å²) >= 11 is 3.38. The van der Waals surface area contributed by atoms with Crippen molar-refractivity contribution in [1.29, 1.82) is 0 Å². The van der Waals surface area contributed by atoms with E-state index in [0.717, 1.165) is 16.7 Å². The van der Waals surface area contributed by atoms with Crippen LogP contribution in [0.5, 0.6) is 0 Å². The Kier molecular flexibility index (Phi) is 5.88. The zero-order chi connectivity index (χ0) is 11.8. The van der Waals surface area contributed by atoms with Gasteiger partial charge >= 0.3 is 0 Å². The van der Waals surface area contributed by atoms with Gasteiger partial charge in [0.05, 0.1) is 29.6 Å². The zero-order valence-electron chi connectivity index (χ0n) is 9.08. The van der Waals surface area contributed by atoms with Gasteiger partial charge in [-0.1, -0.05) is 6.08 Å². The van der Waals surface area contributed by atoms with Crippen LogP contribution in [0.2, 0.25) is 0 Å². The normalized spacial score (nSPS) is 10.1. The smallest absolute Gasteiger partial charge is 0.140 e. The van der Waals surface area contributed by atoms with Crippen molar-refractivity contribution in [3.63, 3.8) is 0 Å². The molecular weight excluding hydrogens is 270 g/mol. The minimum absolute atomic E-state index is 0.639. The molecule has 0 unspecified atom stereocenters. The van der Waals surface area contributed by atoms with Gasteiger partial charge in [-0.25, -0.2) is 4.98 Å². The lowest BCUT2D eigenvalue weighted by Crippen LogP contribution is -2.11. The van der Waals surface area contributed by atoms with E-state index in [2.05, 4.69) is 32.8 Å². The summed E-state index contributed by atoms with van der Waals surface area (Å²) in [5, 5.41) is 3.15. The Labute approximate surface area is 104 Å². The summed E-state index contributed by atoms with van der Waals surface area (Å²) in [6, 6.07) is 1.81. The summed E-state index contributed by atoms with van der Waals surface area (Å²) in [4.78, 5) is 4.16. The molecule has 0 spiro atoms. The maximum absolute atomic E-state index is 5.58. The average molecular weight is 286 g/mol. The molecule has 1 aromatic heterocycles. The van der Waals surface area contributed by atoms with Crippen LogP contribution in [0.4, 0.5) is 11.5 Å². The largest absolute Gasteiger partial charge is 0.397 e. The van der Waals surface area contributed by atoms with Crippen LogP contribution < -0.4 is 11.1 Å². The number of ether oxygens (including phenoxy) is 1. The molecule has 1 rings (SSSR count). The summed E-state index contributed by atoms with van der Waals surface area (Å²) in [5.74, 6) is 0.779. The first-order chi connectivity index (χ1) is 7.74. The molecule has 3 N–H and O–H groups in total. The Hall–Kier alpha value is -1.07. The van der Waals surface area contributed by atoms with Gasteiger partial charge in [-0.05, 0) is 28.4 Å². The first kappa shape index (κ1) is 13.0. The maximum atomic E-state index is 5.58. The highest BCUT2D eigenvalue weighted by Crippen LogP contribution is 2.21. The number of halogens is 1. The van der Waals surface area contributed by atoms with E-state index in [9.17, 15) is 0 Å². The second kappa shape index (κ2) is 7.24. The van der Waals surface area contributed by atoms with Crippen molar-refractivity contribution in [1.82, 2.24) is 4.98 Å². The number of nitrogen functional groups attached to an aromatic ring is 1. The van der Waals surface area contributed by atoms with E-state index in [1.54, 1.807) is 6.20 Å². The van der Waals surface area contributed by atoms with E-state index in [1.165, 1.54) is 0 Å². The number of anilines is 2. The highest BCUT2D eigenvalue weighted by molar-refractivity contribution is 9.10. The summed E-state index contributed by atoms with van der Waals surface area (Å²) in [6.07, 6.45) is 4.33. The van der Waals surface area contributed by atoms with E-state index in [0.29, 0.717) is 25.4 Å². The molecule has 0 fully saturated rings. The molecule has 1 heterocycles. The highest BCUT2D eigenvalue weighted by Gasteiger charge is 2.00. The van der Waals surface area contributed by atoms with Crippen molar-refractivity contribution in [2.24, 2.45) is 0 Å².